The van der Waals surface area contributed by atoms with Crippen LogP contribution in [0.2, 0.25) is 0 Å². The van der Waals surface area contributed by atoms with E-state index < -0.39 is 0 Å². The zero-order valence-corrected chi connectivity index (χ0v) is 8.72. The van der Waals surface area contributed by atoms with Crippen LogP contribution in [0.15, 0.2) is 17.5 Å². The molecule has 0 atom stereocenters. The van der Waals surface area contributed by atoms with E-state index in [0.717, 1.165) is 10.1 Å². The van der Waals surface area contributed by atoms with Gasteiger partial charge < -0.3 is 14.6 Å². The highest BCUT2D eigenvalue weighted by molar-refractivity contribution is 7.17. The molecule has 1 aromatic carbocycles. The molecule has 1 N–H and O–H groups in total. The molecule has 0 saturated heterocycles. The Hall–Kier alpha value is -1.42. The van der Waals surface area contributed by atoms with Gasteiger partial charge >= 0.3 is 0 Å². The number of hydrogen-bond acceptors (Lipinski definition) is 4. The van der Waals surface area contributed by atoms with Crippen LogP contribution in [0.25, 0.3) is 10.1 Å². The molecule has 2 rings (SSSR count). The van der Waals surface area contributed by atoms with Gasteiger partial charge in [0, 0.05) is 10.1 Å². The van der Waals surface area contributed by atoms with Crippen molar-refractivity contribution in [2.24, 2.45) is 0 Å². The van der Waals surface area contributed by atoms with Crippen LogP contribution in [0.5, 0.6) is 17.2 Å². The lowest BCUT2D eigenvalue weighted by Crippen LogP contribution is -1.84. The van der Waals surface area contributed by atoms with Crippen molar-refractivity contribution in [3.8, 4) is 17.2 Å². The summed E-state index contributed by atoms with van der Waals surface area (Å²) in [5.41, 5.74) is 0. The van der Waals surface area contributed by atoms with Gasteiger partial charge in [-0.25, -0.2) is 0 Å². The Morgan fingerprint density at radius 1 is 1.14 bits per heavy atom. The molecule has 0 unspecified atom stereocenters. The number of phenolic OH excluding ortho intramolecular Hbond substituents is 1. The van der Waals surface area contributed by atoms with E-state index >= 15 is 0 Å². The molecule has 0 radical (unpaired) electrons. The molecule has 0 amide bonds. The van der Waals surface area contributed by atoms with Gasteiger partial charge in [0.05, 0.1) is 19.6 Å². The lowest BCUT2D eigenvalue weighted by atomic mass is 10.2. The Balaban J connectivity index is 2.77. The Morgan fingerprint density at radius 3 is 2.50 bits per heavy atom. The summed E-state index contributed by atoms with van der Waals surface area (Å²) in [5, 5.41) is 12.4. The van der Waals surface area contributed by atoms with Gasteiger partial charge in [0.15, 0.2) is 11.5 Å². The monoisotopic (exact) mass is 210 g/mol. The largest absolute Gasteiger partial charge is 0.504 e. The van der Waals surface area contributed by atoms with Crippen molar-refractivity contribution in [3.63, 3.8) is 0 Å². The van der Waals surface area contributed by atoms with Crippen molar-refractivity contribution in [1.29, 1.82) is 0 Å². The molecule has 0 saturated carbocycles. The zero-order valence-electron chi connectivity index (χ0n) is 7.90. The molecule has 4 heteroatoms. The summed E-state index contributed by atoms with van der Waals surface area (Å²) in [7, 11) is 3.11. The van der Waals surface area contributed by atoms with Crippen LogP contribution in [0.4, 0.5) is 0 Å². The van der Waals surface area contributed by atoms with Crippen molar-refractivity contribution in [2.45, 2.75) is 0 Å². The summed E-state index contributed by atoms with van der Waals surface area (Å²) in [6, 6.07) is 3.65. The van der Waals surface area contributed by atoms with Crippen molar-refractivity contribution in [2.75, 3.05) is 14.2 Å². The summed E-state index contributed by atoms with van der Waals surface area (Å²) in [4.78, 5) is 0. The predicted octanol–water partition coefficient (Wildman–Crippen LogP) is 2.62. The molecular weight excluding hydrogens is 200 g/mol. The molecule has 14 heavy (non-hydrogen) atoms. The highest BCUT2D eigenvalue weighted by Gasteiger charge is 2.12. The third kappa shape index (κ3) is 1.19. The smallest absolute Gasteiger partial charge is 0.170 e. The van der Waals surface area contributed by atoms with Gasteiger partial charge in [-0.1, -0.05) is 0 Å². The van der Waals surface area contributed by atoms with Crippen molar-refractivity contribution in [3.05, 3.63) is 17.5 Å². The second-order valence-corrected chi connectivity index (χ2v) is 3.70. The molecule has 3 nitrogen and oxygen atoms in total. The van der Waals surface area contributed by atoms with Crippen LogP contribution in [0.3, 0.4) is 0 Å². The number of thiophene rings is 1. The number of rotatable bonds is 2. The van der Waals surface area contributed by atoms with E-state index in [9.17, 15) is 5.11 Å². The van der Waals surface area contributed by atoms with Crippen LogP contribution < -0.4 is 9.47 Å². The molecule has 1 aromatic heterocycles. The number of ether oxygens (including phenoxy) is 2. The SMILES string of the molecule is COc1ccc2scc(OC)c2c1O. The van der Waals surface area contributed by atoms with E-state index in [0.29, 0.717) is 11.5 Å². The average Bonchev–Trinajstić information content (AvgIpc) is 2.62. The summed E-state index contributed by atoms with van der Waals surface area (Å²) in [6.07, 6.45) is 0. The fraction of sp³-hybridized carbons (Fsp3) is 0.200. The standard InChI is InChI=1S/C10H10O3S/c1-12-6-3-4-8-9(10(6)11)7(13-2)5-14-8/h3-5,11H,1-2H3. The predicted molar refractivity (Wildman–Crippen MR) is 56.6 cm³/mol. The van der Waals surface area contributed by atoms with Gasteiger partial charge in [0.2, 0.25) is 0 Å². The lowest BCUT2D eigenvalue weighted by Gasteiger charge is -2.04. The molecule has 0 aliphatic carbocycles. The van der Waals surface area contributed by atoms with Crippen LogP contribution >= 0.6 is 11.3 Å². The fourth-order valence-electron chi connectivity index (χ4n) is 1.38. The quantitative estimate of drug-likeness (QED) is 0.828. The summed E-state index contributed by atoms with van der Waals surface area (Å²) in [6.45, 7) is 0. The van der Waals surface area contributed by atoms with Gasteiger partial charge in [-0.05, 0) is 12.1 Å². The lowest BCUT2D eigenvalue weighted by molar-refractivity contribution is 0.374. The Labute approximate surface area is 85.5 Å². The van der Waals surface area contributed by atoms with Gasteiger partial charge in [0.25, 0.3) is 0 Å². The molecule has 74 valence electrons. The first-order valence-corrected chi connectivity index (χ1v) is 4.97. The van der Waals surface area contributed by atoms with Gasteiger partial charge in [0.1, 0.15) is 5.75 Å². The highest BCUT2D eigenvalue weighted by atomic mass is 32.1. The maximum atomic E-state index is 9.85. The second-order valence-electron chi connectivity index (χ2n) is 2.79. The number of benzene rings is 1. The molecule has 0 spiro atoms. The third-order valence-electron chi connectivity index (χ3n) is 2.08. The third-order valence-corrected chi connectivity index (χ3v) is 3.01. The number of methoxy groups -OCH3 is 2. The van der Waals surface area contributed by atoms with Gasteiger partial charge in [-0.2, -0.15) is 0 Å². The first kappa shape index (κ1) is 9.15. The van der Waals surface area contributed by atoms with Crippen LogP contribution in [-0.2, 0) is 0 Å². The number of fused-ring (bicyclic) bond motifs is 1. The Morgan fingerprint density at radius 2 is 1.86 bits per heavy atom. The van der Waals surface area contributed by atoms with E-state index in [1.165, 1.54) is 18.4 Å². The van der Waals surface area contributed by atoms with Crippen molar-refractivity contribution >= 4 is 21.4 Å². The first-order valence-electron chi connectivity index (χ1n) is 4.09. The molecule has 0 aliphatic heterocycles. The molecule has 0 bridgehead atoms. The molecule has 0 fully saturated rings. The van der Waals surface area contributed by atoms with E-state index in [1.54, 1.807) is 13.2 Å². The van der Waals surface area contributed by atoms with Crippen molar-refractivity contribution in [1.82, 2.24) is 0 Å². The molecule has 2 aromatic rings. The number of aromatic hydroxyl groups is 1. The van der Waals surface area contributed by atoms with Crippen molar-refractivity contribution < 1.29 is 14.6 Å². The minimum Gasteiger partial charge on any atom is -0.504 e. The Bertz CT molecular complexity index is 462. The first-order chi connectivity index (χ1) is 6.77. The summed E-state index contributed by atoms with van der Waals surface area (Å²) in [5.74, 6) is 1.29. The molecular formula is C10H10O3S. The normalized spacial score (nSPS) is 10.4. The Kier molecular flexibility index (Phi) is 2.21. The summed E-state index contributed by atoms with van der Waals surface area (Å²) >= 11 is 1.53. The fourth-order valence-corrected chi connectivity index (χ4v) is 2.29. The van der Waals surface area contributed by atoms with Crippen LogP contribution in [0, 0.1) is 0 Å². The second kappa shape index (κ2) is 3.38. The molecule has 0 aliphatic rings. The number of phenols is 1. The summed E-state index contributed by atoms with van der Waals surface area (Å²) < 4.78 is 11.1. The topological polar surface area (TPSA) is 38.7 Å². The van der Waals surface area contributed by atoms with Gasteiger partial charge in [-0.3, -0.25) is 0 Å². The van der Waals surface area contributed by atoms with Crippen LogP contribution in [0.1, 0.15) is 0 Å². The van der Waals surface area contributed by atoms with E-state index in [2.05, 4.69) is 0 Å². The minimum absolute atomic E-state index is 0.142. The minimum atomic E-state index is 0.142. The zero-order chi connectivity index (χ0) is 10.1. The molecule has 1 heterocycles. The number of hydrogen-bond donors (Lipinski definition) is 1. The van der Waals surface area contributed by atoms with E-state index in [-0.39, 0.29) is 5.75 Å². The van der Waals surface area contributed by atoms with Crippen LogP contribution in [-0.4, -0.2) is 19.3 Å². The van der Waals surface area contributed by atoms with Gasteiger partial charge in [-0.15, -0.1) is 11.3 Å². The highest BCUT2D eigenvalue weighted by Crippen LogP contribution is 2.43. The van der Waals surface area contributed by atoms with E-state index in [4.69, 9.17) is 9.47 Å². The maximum absolute atomic E-state index is 9.85. The average molecular weight is 210 g/mol. The maximum Gasteiger partial charge on any atom is 0.170 e. The van der Waals surface area contributed by atoms with E-state index in [1.807, 2.05) is 11.4 Å².